The van der Waals surface area contributed by atoms with E-state index in [1.165, 1.54) is 0 Å². The first-order valence-electron chi connectivity index (χ1n) is 5.45. The number of halogens is 5. The first kappa shape index (κ1) is 14.8. The largest absolute Gasteiger partial charge is 0.204 e. The zero-order valence-electron chi connectivity index (χ0n) is 9.85. The predicted molar refractivity (Wildman–Crippen MR) is 78.3 cm³/mol. The van der Waals surface area contributed by atoms with Gasteiger partial charge in [0.05, 0.1) is 4.83 Å². The molecule has 0 saturated heterocycles. The average Bonchev–Trinajstić information content (AvgIpc) is 2.36. The van der Waals surface area contributed by atoms with Gasteiger partial charge in [-0.05, 0) is 35.7 Å². The van der Waals surface area contributed by atoms with Gasteiger partial charge in [0.2, 0.25) is 0 Å². The van der Waals surface area contributed by atoms with E-state index >= 15 is 0 Å². The van der Waals surface area contributed by atoms with Crippen molar-refractivity contribution in [3.63, 3.8) is 0 Å². The highest BCUT2D eigenvalue weighted by atomic mass is 79.9. The van der Waals surface area contributed by atoms with Crippen molar-refractivity contribution in [1.82, 2.24) is 0 Å². The van der Waals surface area contributed by atoms with Crippen LogP contribution in [0.4, 0.5) is 8.78 Å². The second-order valence-corrected chi connectivity index (χ2v) is 5.83. The van der Waals surface area contributed by atoms with Crippen molar-refractivity contribution in [1.29, 1.82) is 0 Å². The van der Waals surface area contributed by atoms with Crippen LogP contribution in [0.25, 0.3) is 0 Å². The fourth-order valence-corrected chi connectivity index (χ4v) is 3.28. The van der Waals surface area contributed by atoms with E-state index in [9.17, 15) is 8.78 Å². The highest BCUT2D eigenvalue weighted by Gasteiger charge is 2.19. The molecule has 100 valence electrons. The molecular weight excluding hydrogens is 357 g/mol. The Hall–Kier alpha value is -0.640. The summed E-state index contributed by atoms with van der Waals surface area (Å²) in [6, 6.07) is 7.57. The third-order valence-electron chi connectivity index (χ3n) is 2.81. The molecule has 0 saturated carbocycles. The van der Waals surface area contributed by atoms with Gasteiger partial charge in [0.1, 0.15) is 0 Å². The number of alkyl halides is 1. The Morgan fingerprint density at radius 3 is 2.37 bits per heavy atom. The summed E-state index contributed by atoms with van der Waals surface area (Å²) in [5, 5.41) is 0.725. The Kier molecular flexibility index (Phi) is 4.49. The van der Waals surface area contributed by atoms with Crippen LogP contribution >= 0.6 is 39.1 Å². The van der Waals surface area contributed by atoms with E-state index in [0.717, 1.165) is 23.3 Å². The minimum Gasteiger partial charge on any atom is -0.204 e. The highest BCUT2D eigenvalue weighted by molar-refractivity contribution is 9.09. The van der Waals surface area contributed by atoms with Gasteiger partial charge in [0.15, 0.2) is 11.6 Å². The summed E-state index contributed by atoms with van der Waals surface area (Å²) in [5.41, 5.74) is 2.10. The molecule has 0 bridgehead atoms. The smallest absolute Gasteiger partial charge is 0.160 e. The van der Waals surface area contributed by atoms with E-state index in [4.69, 9.17) is 23.2 Å². The van der Waals surface area contributed by atoms with Crippen molar-refractivity contribution in [2.45, 2.75) is 11.8 Å². The molecule has 1 atom stereocenters. The predicted octanol–water partition coefficient (Wildman–Crippen LogP) is 6.06. The van der Waals surface area contributed by atoms with E-state index in [2.05, 4.69) is 15.9 Å². The summed E-state index contributed by atoms with van der Waals surface area (Å²) in [5.74, 6) is -1.91. The summed E-state index contributed by atoms with van der Waals surface area (Å²) in [7, 11) is 0. The van der Waals surface area contributed by atoms with Crippen LogP contribution in [-0.2, 0) is 0 Å². The van der Waals surface area contributed by atoms with Crippen LogP contribution in [0, 0.1) is 18.6 Å². The minimum absolute atomic E-state index is 0.151. The molecule has 2 aromatic rings. The van der Waals surface area contributed by atoms with Gasteiger partial charge >= 0.3 is 0 Å². The third-order valence-corrected chi connectivity index (χ3v) is 4.64. The number of aryl methyl sites for hydroxylation is 1. The molecule has 0 fully saturated rings. The summed E-state index contributed by atoms with van der Waals surface area (Å²) in [6.45, 7) is 1.87. The Labute approximate surface area is 128 Å². The Morgan fingerprint density at radius 1 is 1.05 bits per heavy atom. The Balaban J connectivity index is 2.53. The summed E-state index contributed by atoms with van der Waals surface area (Å²) in [4.78, 5) is -0.400. The number of rotatable bonds is 2. The maximum Gasteiger partial charge on any atom is 0.160 e. The molecule has 0 radical (unpaired) electrons. The Morgan fingerprint density at radius 2 is 1.68 bits per heavy atom. The van der Waals surface area contributed by atoms with Gasteiger partial charge in [-0.1, -0.05) is 57.3 Å². The molecule has 2 rings (SSSR count). The van der Waals surface area contributed by atoms with Crippen LogP contribution in [-0.4, -0.2) is 0 Å². The van der Waals surface area contributed by atoms with Crippen molar-refractivity contribution in [3.05, 3.63) is 68.7 Å². The summed E-state index contributed by atoms with van der Waals surface area (Å²) in [6.07, 6.45) is 0. The lowest BCUT2D eigenvalue weighted by Gasteiger charge is -2.15. The summed E-state index contributed by atoms with van der Waals surface area (Å²) < 4.78 is 26.4. The highest BCUT2D eigenvalue weighted by Crippen LogP contribution is 2.40. The van der Waals surface area contributed by atoms with Crippen molar-refractivity contribution < 1.29 is 8.78 Å². The van der Waals surface area contributed by atoms with Crippen molar-refractivity contribution in [3.8, 4) is 0 Å². The molecule has 1 unspecified atom stereocenters. The molecule has 5 heteroatoms. The third kappa shape index (κ3) is 2.93. The van der Waals surface area contributed by atoms with E-state index < -0.39 is 16.5 Å². The van der Waals surface area contributed by atoms with Crippen molar-refractivity contribution in [2.24, 2.45) is 0 Å². The lowest BCUT2D eigenvalue weighted by Crippen LogP contribution is -1.98. The van der Waals surface area contributed by atoms with Crippen LogP contribution < -0.4 is 0 Å². The molecule has 19 heavy (non-hydrogen) atoms. The maximum atomic E-state index is 13.3. The van der Waals surface area contributed by atoms with Gasteiger partial charge in [-0.15, -0.1) is 0 Å². The van der Waals surface area contributed by atoms with Gasteiger partial charge in [0, 0.05) is 10.0 Å². The molecular formula is C14H9BrCl2F2. The molecule has 0 nitrogen and oxygen atoms in total. The standard InChI is InChI=1S/C14H9BrCl2F2/c1-7-3-2-4-8(14(7)17)13(15)9-5-11(18)12(19)6-10(9)16/h2-6,13H,1H3. The number of benzene rings is 2. The Bertz CT molecular complexity index is 629. The number of hydrogen-bond donors (Lipinski definition) is 0. The van der Waals surface area contributed by atoms with Gasteiger partial charge in [-0.3, -0.25) is 0 Å². The van der Waals surface area contributed by atoms with Gasteiger partial charge in [0.25, 0.3) is 0 Å². The second kappa shape index (κ2) is 5.78. The van der Waals surface area contributed by atoms with Crippen molar-refractivity contribution in [2.75, 3.05) is 0 Å². The van der Waals surface area contributed by atoms with Gasteiger partial charge < -0.3 is 0 Å². The molecule has 0 aliphatic carbocycles. The van der Waals surface area contributed by atoms with Crippen LogP contribution in [0.2, 0.25) is 10.0 Å². The second-order valence-electron chi connectivity index (χ2n) is 4.13. The lowest BCUT2D eigenvalue weighted by atomic mass is 10.0. The van der Waals surface area contributed by atoms with Crippen LogP contribution in [0.5, 0.6) is 0 Å². The van der Waals surface area contributed by atoms with E-state index in [-0.39, 0.29) is 5.02 Å². The molecule has 0 heterocycles. The van der Waals surface area contributed by atoms with Crippen LogP contribution in [0.1, 0.15) is 21.5 Å². The monoisotopic (exact) mass is 364 g/mol. The molecule has 0 amide bonds. The maximum absolute atomic E-state index is 13.3. The van der Waals surface area contributed by atoms with Crippen LogP contribution in [0.3, 0.4) is 0 Å². The SMILES string of the molecule is Cc1cccc(C(Br)c2cc(F)c(F)cc2Cl)c1Cl. The van der Waals surface area contributed by atoms with E-state index in [0.29, 0.717) is 10.6 Å². The fraction of sp³-hybridized carbons (Fsp3) is 0.143. The van der Waals surface area contributed by atoms with E-state index in [1.807, 2.05) is 25.1 Å². The average molecular weight is 366 g/mol. The molecule has 0 aliphatic heterocycles. The zero-order chi connectivity index (χ0) is 14.2. The van der Waals surface area contributed by atoms with Crippen molar-refractivity contribution >= 4 is 39.1 Å². The number of hydrogen-bond acceptors (Lipinski definition) is 0. The van der Waals surface area contributed by atoms with E-state index in [1.54, 1.807) is 0 Å². The first-order chi connectivity index (χ1) is 8.91. The summed E-state index contributed by atoms with van der Waals surface area (Å²) >= 11 is 15.6. The van der Waals surface area contributed by atoms with Gasteiger partial charge in [-0.25, -0.2) is 8.78 Å². The fourth-order valence-electron chi connectivity index (χ4n) is 1.77. The van der Waals surface area contributed by atoms with Crippen LogP contribution in [0.15, 0.2) is 30.3 Å². The first-order valence-corrected chi connectivity index (χ1v) is 7.12. The minimum atomic E-state index is -0.969. The normalized spacial score (nSPS) is 12.5. The molecule has 0 aliphatic rings. The quantitative estimate of drug-likeness (QED) is 0.448. The zero-order valence-corrected chi connectivity index (χ0v) is 13.0. The molecule has 2 aromatic carbocycles. The molecule has 0 N–H and O–H groups in total. The molecule has 0 aromatic heterocycles. The molecule has 0 spiro atoms. The topological polar surface area (TPSA) is 0 Å². The lowest BCUT2D eigenvalue weighted by molar-refractivity contribution is 0.507. The van der Waals surface area contributed by atoms with Gasteiger partial charge in [-0.2, -0.15) is 0 Å².